The van der Waals surface area contributed by atoms with Crippen molar-refractivity contribution in [1.29, 1.82) is 0 Å². The van der Waals surface area contributed by atoms with Crippen LogP contribution >= 0.6 is 11.6 Å². The van der Waals surface area contributed by atoms with Gasteiger partial charge in [0.25, 0.3) is 0 Å². The third-order valence-corrected chi connectivity index (χ3v) is 5.13. The molecule has 1 heteroatoms. The summed E-state index contributed by atoms with van der Waals surface area (Å²) in [6, 6.07) is 29.9. The van der Waals surface area contributed by atoms with Gasteiger partial charge >= 0.3 is 0 Å². The smallest absolute Gasteiger partial charge is 0.0406 e. The number of halogens is 1. The van der Waals surface area contributed by atoms with Crippen molar-refractivity contribution in [3.8, 4) is 0 Å². The molecule has 3 aromatic rings. The molecule has 0 nitrogen and oxygen atoms in total. The first-order chi connectivity index (χ1) is 11.8. The fourth-order valence-corrected chi connectivity index (χ4v) is 3.80. The van der Waals surface area contributed by atoms with Crippen LogP contribution in [0.2, 0.25) is 5.02 Å². The highest BCUT2D eigenvalue weighted by Gasteiger charge is 2.30. The van der Waals surface area contributed by atoms with Crippen molar-refractivity contribution >= 4 is 17.2 Å². The average molecular weight is 331 g/mol. The van der Waals surface area contributed by atoms with Gasteiger partial charge in [-0.15, -0.1) is 0 Å². The SMILES string of the molecule is Clc1ccc([C@@H]2C=C(c3ccccc3)C[C@H]2c2ccccc2)cc1. The molecule has 118 valence electrons. The maximum Gasteiger partial charge on any atom is 0.0406 e. The van der Waals surface area contributed by atoms with Crippen LogP contribution in [-0.4, -0.2) is 0 Å². The van der Waals surface area contributed by atoms with Crippen LogP contribution in [0.5, 0.6) is 0 Å². The minimum atomic E-state index is 0.389. The van der Waals surface area contributed by atoms with E-state index >= 15 is 0 Å². The number of rotatable bonds is 3. The Morgan fingerprint density at radius 1 is 0.667 bits per heavy atom. The van der Waals surface area contributed by atoms with Gasteiger partial charge in [-0.3, -0.25) is 0 Å². The van der Waals surface area contributed by atoms with Crippen molar-refractivity contribution in [2.24, 2.45) is 0 Å². The Morgan fingerprint density at radius 2 is 1.29 bits per heavy atom. The van der Waals surface area contributed by atoms with Crippen LogP contribution in [0, 0.1) is 0 Å². The maximum atomic E-state index is 6.08. The summed E-state index contributed by atoms with van der Waals surface area (Å²) in [6.07, 6.45) is 3.51. The van der Waals surface area contributed by atoms with Crippen molar-refractivity contribution in [3.63, 3.8) is 0 Å². The highest BCUT2D eigenvalue weighted by atomic mass is 35.5. The topological polar surface area (TPSA) is 0 Å². The average Bonchev–Trinajstić information content (AvgIpc) is 3.09. The van der Waals surface area contributed by atoms with Gasteiger partial charge in [-0.25, -0.2) is 0 Å². The molecule has 0 aromatic heterocycles. The summed E-state index contributed by atoms with van der Waals surface area (Å²) in [5.41, 5.74) is 5.50. The van der Waals surface area contributed by atoms with Crippen molar-refractivity contribution in [1.82, 2.24) is 0 Å². The van der Waals surface area contributed by atoms with E-state index < -0.39 is 0 Å². The van der Waals surface area contributed by atoms with Gasteiger partial charge < -0.3 is 0 Å². The number of benzene rings is 3. The molecule has 1 aliphatic rings. The molecule has 0 amide bonds. The molecule has 0 bridgehead atoms. The van der Waals surface area contributed by atoms with Crippen LogP contribution in [-0.2, 0) is 0 Å². The molecule has 0 saturated carbocycles. The monoisotopic (exact) mass is 330 g/mol. The van der Waals surface area contributed by atoms with Crippen molar-refractivity contribution in [3.05, 3.63) is 113 Å². The third kappa shape index (κ3) is 3.02. The first-order valence-corrected chi connectivity index (χ1v) is 8.75. The number of hydrogen-bond donors (Lipinski definition) is 0. The molecular weight excluding hydrogens is 312 g/mol. The molecule has 0 spiro atoms. The normalized spacial score (nSPS) is 20.0. The van der Waals surface area contributed by atoms with Gasteiger partial charge in [0.1, 0.15) is 0 Å². The van der Waals surface area contributed by atoms with E-state index in [1.165, 1.54) is 22.3 Å². The van der Waals surface area contributed by atoms with E-state index in [9.17, 15) is 0 Å². The van der Waals surface area contributed by atoms with E-state index in [2.05, 4.69) is 78.9 Å². The van der Waals surface area contributed by atoms with Gasteiger partial charge in [0.2, 0.25) is 0 Å². The lowest BCUT2D eigenvalue weighted by molar-refractivity contribution is 0.668. The second-order valence-electron chi connectivity index (χ2n) is 6.36. The molecule has 3 aromatic carbocycles. The molecule has 0 saturated heterocycles. The van der Waals surface area contributed by atoms with Crippen LogP contribution in [0.25, 0.3) is 5.57 Å². The zero-order valence-electron chi connectivity index (χ0n) is 13.4. The van der Waals surface area contributed by atoms with Crippen LogP contribution < -0.4 is 0 Å². The predicted molar refractivity (Wildman–Crippen MR) is 102 cm³/mol. The van der Waals surface area contributed by atoms with E-state index in [0.717, 1.165) is 11.4 Å². The summed E-state index contributed by atoms with van der Waals surface area (Å²) in [4.78, 5) is 0. The molecule has 4 rings (SSSR count). The second kappa shape index (κ2) is 6.67. The lowest BCUT2D eigenvalue weighted by atomic mass is 9.83. The van der Waals surface area contributed by atoms with E-state index in [4.69, 9.17) is 11.6 Å². The molecule has 0 fully saturated rings. The van der Waals surface area contributed by atoms with E-state index in [-0.39, 0.29) is 0 Å². The molecule has 0 heterocycles. The Morgan fingerprint density at radius 3 is 1.96 bits per heavy atom. The number of allylic oxidation sites excluding steroid dienone is 2. The number of hydrogen-bond acceptors (Lipinski definition) is 0. The highest BCUT2D eigenvalue weighted by molar-refractivity contribution is 6.30. The minimum Gasteiger partial charge on any atom is -0.0843 e. The predicted octanol–water partition coefficient (Wildman–Crippen LogP) is 6.69. The molecule has 0 aliphatic heterocycles. The largest absolute Gasteiger partial charge is 0.0843 e. The van der Waals surface area contributed by atoms with Gasteiger partial charge in [0.05, 0.1) is 0 Å². The standard InChI is InChI=1S/C23H19Cl/c24-21-13-11-19(12-14-21)23-16-20(17-7-3-1-4-8-17)15-22(23)18-9-5-2-6-10-18/h1-14,16,22-23H,15H2/t22-,23-/m0/s1. The van der Waals surface area contributed by atoms with Crippen LogP contribution in [0.1, 0.15) is 34.9 Å². The summed E-state index contributed by atoms with van der Waals surface area (Å²) in [5, 5.41) is 0.792. The zero-order chi connectivity index (χ0) is 16.4. The second-order valence-corrected chi connectivity index (χ2v) is 6.79. The maximum absolute atomic E-state index is 6.08. The van der Waals surface area contributed by atoms with Crippen molar-refractivity contribution < 1.29 is 0 Å². The first kappa shape index (κ1) is 15.2. The quantitative estimate of drug-likeness (QED) is 0.501. The molecule has 1 aliphatic carbocycles. The van der Waals surface area contributed by atoms with Gasteiger partial charge in [-0.1, -0.05) is 90.5 Å². The van der Waals surface area contributed by atoms with Crippen LogP contribution in [0.3, 0.4) is 0 Å². The van der Waals surface area contributed by atoms with Crippen molar-refractivity contribution in [2.75, 3.05) is 0 Å². The lowest BCUT2D eigenvalue weighted by Crippen LogP contribution is -2.05. The zero-order valence-corrected chi connectivity index (χ0v) is 14.2. The van der Waals surface area contributed by atoms with Crippen LogP contribution in [0.4, 0.5) is 0 Å². The van der Waals surface area contributed by atoms with E-state index in [0.29, 0.717) is 11.8 Å². The minimum absolute atomic E-state index is 0.389. The molecule has 2 atom stereocenters. The van der Waals surface area contributed by atoms with Gasteiger partial charge in [-0.2, -0.15) is 0 Å². The Bertz CT molecular complexity index is 832. The summed E-state index contributed by atoms with van der Waals surface area (Å²) in [7, 11) is 0. The summed E-state index contributed by atoms with van der Waals surface area (Å²) < 4.78 is 0. The third-order valence-electron chi connectivity index (χ3n) is 4.88. The van der Waals surface area contributed by atoms with Gasteiger partial charge in [0.15, 0.2) is 0 Å². The summed E-state index contributed by atoms with van der Waals surface area (Å²) in [5.74, 6) is 0.863. The molecular formula is C23H19Cl. The Balaban J connectivity index is 1.75. The highest BCUT2D eigenvalue weighted by Crippen LogP contribution is 2.47. The molecule has 0 unspecified atom stereocenters. The van der Waals surface area contributed by atoms with Gasteiger partial charge in [-0.05, 0) is 46.7 Å². The Kier molecular flexibility index (Phi) is 4.23. The summed E-state index contributed by atoms with van der Waals surface area (Å²) in [6.45, 7) is 0. The van der Waals surface area contributed by atoms with E-state index in [1.54, 1.807) is 0 Å². The van der Waals surface area contributed by atoms with E-state index in [1.807, 2.05) is 12.1 Å². The Hall–Kier alpha value is -2.31. The fourth-order valence-electron chi connectivity index (χ4n) is 3.67. The summed E-state index contributed by atoms with van der Waals surface area (Å²) >= 11 is 6.08. The van der Waals surface area contributed by atoms with Crippen LogP contribution in [0.15, 0.2) is 91.0 Å². The van der Waals surface area contributed by atoms with Crippen molar-refractivity contribution in [2.45, 2.75) is 18.3 Å². The first-order valence-electron chi connectivity index (χ1n) is 8.38. The van der Waals surface area contributed by atoms with Gasteiger partial charge in [0, 0.05) is 10.9 Å². The molecule has 24 heavy (non-hydrogen) atoms. The lowest BCUT2D eigenvalue weighted by Gasteiger charge is -2.20. The molecule has 0 N–H and O–H groups in total. The Labute approximate surface area is 148 Å². The fraction of sp³-hybridized carbons (Fsp3) is 0.130. The molecule has 0 radical (unpaired) electrons.